The van der Waals surface area contributed by atoms with E-state index in [9.17, 15) is 9.59 Å². The molecule has 7 nitrogen and oxygen atoms in total. The van der Waals surface area contributed by atoms with Crippen molar-refractivity contribution in [3.63, 3.8) is 0 Å². The summed E-state index contributed by atoms with van der Waals surface area (Å²) in [4.78, 5) is 32.0. The Morgan fingerprint density at radius 1 is 1.35 bits per heavy atom. The Balaban J connectivity index is 1.70. The lowest BCUT2D eigenvalue weighted by Gasteiger charge is -2.35. The van der Waals surface area contributed by atoms with E-state index in [2.05, 4.69) is 5.10 Å². The molecule has 3 heterocycles. The van der Waals surface area contributed by atoms with Gasteiger partial charge in [0.1, 0.15) is 0 Å². The van der Waals surface area contributed by atoms with E-state index in [0.29, 0.717) is 39.1 Å². The molecule has 0 N–H and O–H groups in total. The number of aromatic nitrogens is 2. The maximum atomic E-state index is 12.5. The van der Waals surface area contributed by atoms with Crippen molar-refractivity contribution in [1.29, 1.82) is 0 Å². The smallest absolute Gasteiger partial charge is 0.248 e. The van der Waals surface area contributed by atoms with Gasteiger partial charge in [-0.3, -0.25) is 19.1 Å². The van der Waals surface area contributed by atoms with Crippen molar-refractivity contribution in [3.8, 4) is 0 Å². The molecule has 126 valence electrons. The Morgan fingerprint density at radius 2 is 2.22 bits per heavy atom. The Labute approximate surface area is 136 Å². The molecule has 7 heteroatoms. The van der Waals surface area contributed by atoms with Gasteiger partial charge in [-0.15, -0.1) is 0 Å². The van der Waals surface area contributed by atoms with Crippen molar-refractivity contribution >= 4 is 11.8 Å². The summed E-state index contributed by atoms with van der Waals surface area (Å²) in [6.45, 7) is 4.36. The van der Waals surface area contributed by atoms with E-state index in [1.54, 1.807) is 6.20 Å². The molecule has 23 heavy (non-hydrogen) atoms. The molecule has 1 fully saturated rings. The summed E-state index contributed by atoms with van der Waals surface area (Å²) in [5.41, 5.74) is 0.984. The molecule has 1 aromatic heterocycles. The van der Waals surface area contributed by atoms with Gasteiger partial charge in [0.05, 0.1) is 31.3 Å². The molecular formula is C16H24N4O3. The van der Waals surface area contributed by atoms with Gasteiger partial charge in [-0.25, -0.2) is 5.06 Å². The molecule has 2 amide bonds. The second kappa shape index (κ2) is 7.12. The Morgan fingerprint density at radius 3 is 2.96 bits per heavy atom. The number of hydrogen-bond acceptors (Lipinski definition) is 4. The molecule has 0 saturated carbocycles. The van der Waals surface area contributed by atoms with Crippen LogP contribution in [0.1, 0.15) is 50.8 Å². The standard InChI is InChI=1S/C16H24N4O3/c1-2-5-15(21)18-11-13-6-7-17-20(13)14(12-18)10-16(22)19-8-3-4-9-23-19/h6-7,14H,2-5,8-12H2,1H3/t14-/m1/s1. The number of hydrogen-bond donors (Lipinski definition) is 0. The van der Waals surface area contributed by atoms with Crippen LogP contribution in [0.25, 0.3) is 0 Å². The summed E-state index contributed by atoms with van der Waals surface area (Å²) >= 11 is 0. The number of fused-ring (bicyclic) bond motifs is 1. The van der Waals surface area contributed by atoms with E-state index in [0.717, 1.165) is 25.0 Å². The molecule has 0 spiro atoms. The van der Waals surface area contributed by atoms with Gasteiger partial charge in [0.15, 0.2) is 0 Å². The lowest BCUT2D eigenvalue weighted by Crippen LogP contribution is -2.44. The number of amides is 2. The lowest BCUT2D eigenvalue weighted by molar-refractivity contribution is -0.198. The number of hydroxylamine groups is 2. The van der Waals surface area contributed by atoms with Crippen LogP contribution in [0.2, 0.25) is 0 Å². The van der Waals surface area contributed by atoms with E-state index in [-0.39, 0.29) is 17.9 Å². The molecular weight excluding hydrogens is 296 g/mol. The zero-order valence-electron chi connectivity index (χ0n) is 13.6. The van der Waals surface area contributed by atoms with E-state index < -0.39 is 0 Å². The molecule has 0 aromatic carbocycles. The van der Waals surface area contributed by atoms with Crippen LogP contribution in [0.15, 0.2) is 12.3 Å². The number of nitrogens with zero attached hydrogens (tertiary/aromatic N) is 4. The highest BCUT2D eigenvalue weighted by Crippen LogP contribution is 2.25. The minimum Gasteiger partial charge on any atom is -0.335 e. The molecule has 2 aliphatic rings. The van der Waals surface area contributed by atoms with Gasteiger partial charge in [0, 0.05) is 25.7 Å². The van der Waals surface area contributed by atoms with Crippen LogP contribution in [-0.4, -0.2) is 51.3 Å². The number of rotatable bonds is 4. The molecule has 3 rings (SSSR count). The second-order valence-electron chi connectivity index (χ2n) is 6.19. The van der Waals surface area contributed by atoms with E-state index >= 15 is 0 Å². The van der Waals surface area contributed by atoms with Crippen molar-refractivity contribution < 1.29 is 14.4 Å². The van der Waals surface area contributed by atoms with Crippen LogP contribution < -0.4 is 0 Å². The van der Waals surface area contributed by atoms with Crippen LogP contribution in [0.3, 0.4) is 0 Å². The maximum absolute atomic E-state index is 12.5. The minimum absolute atomic E-state index is 0.0269. The van der Waals surface area contributed by atoms with Crippen LogP contribution in [0.4, 0.5) is 0 Å². The van der Waals surface area contributed by atoms with Crippen molar-refractivity contribution in [3.05, 3.63) is 18.0 Å². The zero-order chi connectivity index (χ0) is 16.2. The van der Waals surface area contributed by atoms with E-state index in [1.165, 1.54) is 5.06 Å². The average Bonchev–Trinajstić information content (AvgIpc) is 3.04. The summed E-state index contributed by atoms with van der Waals surface area (Å²) in [7, 11) is 0. The van der Waals surface area contributed by atoms with Crippen LogP contribution in [-0.2, 0) is 21.0 Å². The van der Waals surface area contributed by atoms with Gasteiger partial charge in [0.2, 0.25) is 11.8 Å². The van der Waals surface area contributed by atoms with Gasteiger partial charge < -0.3 is 4.90 Å². The van der Waals surface area contributed by atoms with Gasteiger partial charge in [-0.1, -0.05) is 6.92 Å². The normalized spacial score (nSPS) is 21.2. The molecule has 1 saturated heterocycles. The predicted octanol–water partition coefficient (Wildman–Crippen LogP) is 1.51. The topological polar surface area (TPSA) is 67.7 Å². The summed E-state index contributed by atoms with van der Waals surface area (Å²) in [5, 5.41) is 5.82. The fourth-order valence-electron chi connectivity index (χ4n) is 3.20. The summed E-state index contributed by atoms with van der Waals surface area (Å²) < 4.78 is 1.89. The molecule has 0 unspecified atom stereocenters. The molecule has 0 radical (unpaired) electrons. The van der Waals surface area contributed by atoms with Crippen LogP contribution in [0.5, 0.6) is 0 Å². The van der Waals surface area contributed by atoms with Crippen molar-refractivity contribution in [1.82, 2.24) is 19.7 Å². The van der Waals surface area contributed by atoms with Crippen LogP contribution >= 0.6 is 0 Å². The molecule has 1 atom stereocenters. The highest BCUT2D eigenvalue weighted by Gasteiger charge is 2.31. The largest absolute Gasteiger partial charge is 0.335 e. The zero-order valence-corrected chi connectivity index (χ0v) is 13.6. The fraction of sp³-hybridized carbons (Fsp3) is 0.688. The van der Waals surface area contributed by atoms with Crippen molar-refractivity contribution in [2.75, 3.05) is 19.7 Å². The predicted molar refractivity (Wildman–Crippen MR) is 83.1 cm³/mol. The Kier molecular flexibility index (Phi) is 4.95. The van der Waals surface area contributed by atoms with Crippen molar-refractivity contribution in [2.24, 2.45) is 0 Å². The van der Waals surface area contributed by atoms with Gasteiger partial charge >= 0.3 is 0 Å². The summed E-state index contributed by atoms with van der Waals surface area (Å²) in [6.07, 6.45) is 5.40. The first-order chi connectivity index (χ1) is 11.2. The number of carbonyl (C=O) groups excluding carboxylic acids is 2. The quantitative estimate of drug-likeness (QED) is 0.843. The average molecular weight is 320 g/mol. The first-order valence-electron chi connectivity index (χ1n) is 8.42. The van der Waals surface area contributed by atoms with Crippen molar-refractivity contribution in [2.45, 2.75) is 51.6 Å². The molecule has 0 bridgehead atoms. The highest BCUT2D eigenvalue weighted by molar-refractivity contribution is 5.77. The SMILES string of the molecule is CCCC(=O)N1Cc2ccnn2[C@H](CC(=O)N2CCCCO2)C1. The van der Waals surface area contributed by atoms with E-state index in [4.69, 9.17) is 4.84 Å². The molecule has 1 aromatic rings. The van der Waals surface area contributed by atoms with Gasteiger partial charge in [-0.2, -0.15) is 5.10 Å². The Bertz CT molecular complexity index is 565. The first-order valence-corrected chi connectivity index (χ1v) is 8.42. The third kappa shape index (κ3) is 3.55. The second-order valence-corrected chi connectivity index (χ2v) is 6.19. The first kappa shape index (κ1) is 16.0. The summed E-state index contributed by atoms with van der Waals surface area (Å²) in [6, 6.07) is 1.80. The maximum Gasteiger partial charge on any atom is 0.248 e. The molecule has 2 aliphatic heterocycles. The monoisotopic (exact) mass is 320 g/mol. The van der Waals surface area contributed by atoms with Crippen LogP contribution in [0, 0.1) is 0 Å². The summed E-state index contributed by atoms with van der Waals surface area (Å²) in [5.74, 6) is 0.118. The third-order valence-electron chi connectivity index (χ3n) is 4.39. The van der Waals surface area contributed by atoms with Gasteiger partial charge in [0.25, 0.3) is 0 Å². The van der Waals surface area contributed by atoms with Gasteiger partial charge in [-0.05, 0) is 25.3 Å². The fourth-order valence-corrected chi connectivity index (χ4v) is 3.20. The molecule has 0 aliphatic carbocycles. The number of carbonyl (C=O) groups is 2. The minimum atomic E-state index is -0.118. The Hall–Kier alpha value is -1.89. The lowest BCUT2D eigenvalue weighted by atomic mass is 10.1. The third-order valence-corrected chi connectivity index (χ3v) is 4.39. The highest BCUT2D eigenvalue weighted by atomic mass is 16.7. The van der Waals surface area contributed by atoms with E-state index in [1.807, 2.05) is 22.6 Å².